The van der Waals surface area contributed by atoms with Gasteiger partial charge >= 0.3 is 5.63 Å². The number of fused-ring (bicyclic) bond motifs is 1. The van der Waals surface area contributed by atoms with Crippen molar-refractivity contribution in [2.75, 3.05) is 0 Å². The van der Waals surface area contributed by atoms with Crippen molar-refractivity contribution in [3.8, 4) is 0 Å². The van der Waals surface area contributed by atoms with Gasteiger partial charge in [0.25, 0.3) is 0 Å². The molecule has 1 aromatic heterocycles. The summed E-state index contributed by atoms with van der Waals surface area (Å²) in [5, 5.41) is 0.681. The van der Waals surface area contributed by atoms with Crippen LogP contribution in [0.5, 0.6) is 0 Å². The molecule has 0 saturated heterocycles. The van der Waals surface area contributed by atoms with Crippen molar-refractivity contribution in [1.29, 1.82) is 0 Å². The third-order valence-corrected chi connectivity index (χ3v) is 3.20. The molecule has 3 nitrogen and oxygen atoms in total. The molecule has 0 spiro atoms. The fraction of sp³-hybridized carbons (Fsp3) is 0. The fourth-order valence-electron chi connectivity index (χ4n) is 2.07. The Kier molecular flexibility index (Phi) is 3.66. The van der Waals surface area contributed by atoms with Crippen LogP contribution in [0.15, 0.2) is 69.9 Å². The molecule has 4 heteroatoms. The molecule has 0 aliphatic rings. The van der Waals surface area contributed by atoms with Crippen LogP contribution in [0.3, 0.4) is 0 Å². The highest BCUT2D eigenvalue weighted by Crippen LogP contribution is 2.13. The second-order valence-electron chi connectivity index (χ2n) is 4.73. The zero-order chi connectivity index (χ0) is 15.5. The van der Waals surface area contributed by atoms with Crippen LogP contribution in [0.2, 0.25) is 0 Å². The fourth-order valence-corrected chi connectivity index (χ4v) is 2.07. The highest BCUT2D eigenvalue weighted by atomic mass is 19.1. The lowest BCUT2D eigenvalue weighted by molar-refractivity contribution is 0.104. The number of hydrogen-bond acceptors (Lipinski definition) is 3. The second-order valence-corrected chi connectivity index (χ2v) is 4.73. The number of allylic oxidation sites excluding steroid dienone is 1. The van der Waals surface area contributed by atoms with Crippen molar-refractivity contribution < 1.29 is 13.6 Å². The predicted molar refractivity (Wildman–Crippen MR) is 82.2 cm³/mol. The Morgan fingerprint density at radius 1 is 1.05 bits per heavy atom. The van der Waals surface area contributed by atoms with Crippen LogP contribution in [0.4, 0.5) is 4.39 Å². The maximum absolute atomic E-state index is 12.8. The van der Waals surface area contributed by atoms with E-state index in [2.05, 4.69) is 0 Å². The summed E-state index contributed by atoms with van der Waals surface area (Å²) in [5.74, 6) is -0.803. The van der Waals surface area contributed by atoms with Crippen molar-refractivity contribution in [3.63, 3.8) is 0 Å². The number of carbonyl (C=O) groups is 1. The van der Waals surface area contributed by atoms with Crippen LogP contribution < -0.4 is 5.63 Å². The monoisotopic (exact) mass is 294 g/mol. The Hall–Kier alpha value is -3.01. The summed E-state index contributed by atoms with van der Waals surface area (Å²) < 4.78 is 17.9. The number of rotatable bonds is 3. The topological polar surface area (TPSA) is 47.3 Å². The molecular weight excluding hydrogens is 283 g/mol. The maximum Gasteiger partial charge on any atom is 0.347 e. The van der Waals surface area contributed by atoms with E-state index >= 15 is 0 Å². The van der Waals surface area contributed by atoms with Crippen molar-refractivity contribution in [1.82, 2.24) is 0 Å². The van der Waals surface area contributed by atoms with Gasteiger partial charge < -0.3 is 4.42 Å². The third-order valence-electron chi connectivity index (χ3n) is 3.20. The van der Waals surface area contributed by atoms with Crippen LogP contribution in [-0.4, -0.2) is 5.78 Å². The average Bonchev–Trinajstić information content (AvgIpc) is 2.53. The van der Waals surface area contributed by atoms with E-state index in [9.17, 15) is 14.0 Å². The maximum atomic E-state index is 12.8. The van der Waals surface area contributed by atoms with Gasteiger partial charge in [0.05, 0.1) is 0 Å². The first-order valence-electron chi connectivity index (χ1n) is 6.64. The average molecular weight is 294 g/mol. The minimum absolute atomic E-state index is 0.0305. The summed E-state index contributed by atoms with van der Waals surface area (Å²) in [6, 6.07) is 14.2. The highest BCUT2D eigenvalue weighted by molar-refractivity contribution is 6.07. The van der Waals surface area contributed by atoms with Crippen LogP contribution in [0.25, 0.3) is 17.0 Å². The van der Waals surface area contributed by atoms with E-state index in [1.807, 2.05) is 0 Å². The normalized spacial score (nSPS) is 11.1. The van der Waals surface area contributed by atoms with Gasteiger partial charge in [0.1, 0.15) is 17.0 Å². The number of hydrogen-bond donors (Lipinski definition) is 0. The molecule has 0 aliphatic heterocycles. The summed E-state index contributed by atoms with van der Waals surface area (Å²) >= 11 is 0. The molecule has 0 radical (unpaired) electrons. The van der Waals surface area contributed by atoms with E-state index in [-0.39, 0.29) is 11.4 Å². The predicted octanol–water partition coefficient (Wildman–Crippen LogP) is 3.83. The van der Waals surface area contributed by atoms with E-state index in [4.69, 9.17) is 4.42 Å². The van der Waals surface area contributed by atoms with Gasteiger partial charge in [0.15, 0.2) is 5.78 Å². The SMILES string of the molecule is O=C(C=Cc1ccc(F)cc1)c1cc2ccccc2oc1=O. The Bertz CT molecular complexity index is 921. The van der Waals surface area contributed by atoms with E-state index < -0.39 is 11.4 Å². The number of para-hydroxylation sites is 1. The smallest absolute Gasteiger partial charge is 0.347 e. The number of carbonyl (C=O) groups excluding carboxylic acids is 1. The molecule has 0 fully saturated rings. The van der Waals surface area contributed by atoms with Gasteiger partial charge in [-0.25, -0.2) is 9.18 Å². The molecule has 108 valence electrons. The molecule has 3 aromatic rings. The van der Waals surface area contributed by atoms with E-state index in [0.29, 0.717) is 16.5 Å². The second kappa shape index (κ2) is 5.77. The van der Waals surface area contributed by atoms with Gasteiger partial charge in [0, 0.05) is 5.39 Å². The minimum Gasteiger partial charge on any atom is -0.422 e. The summed E-state index contributed by atoms with van der Waals surface area (Å²) in [6.45, 7) is 0. The number of halogens is 1. The Labute approximate surface area is 125 Å². The summed E-state index contributed by atoms with van der Waals surface area (Å²) in [7, 11) is 0. The lowest BCUT2D eigenvalue weighted by atomic mass is 10.1. The van der Waals surface area contributed by atoms with Crippen molar-refractivity contribution in [2.45, 2.75) is 0 Å². The largest absolute Gasteiger partial charge is 0.422 e. The number of benzene rings is 2. The van der Waals surface area contributed by atoms with Crippen molar-refractivity contribution in [2.24, 2.45) is 0 Å². The molecule has 3 rings (SSSR count). The van der Waals surface area contributed by atoms with Gasteiger partial charge in [0.2, 0.25) is 0 Å². The minimum atomic E-state index is -0.674. The van der Waals surface area contributed by atoms with Gasteiger partial charge in [-0.3, -0.25) is 4.79 Å². The van der Waals surface area contributed by atoms with E-state index in [0.717, 1.165) is 0 Å². The van der Waals surface area contributed by atoms with Crippen molar-refractivity contribution in [3.05, 3.63) is 88.0 Å². The molecule has 1 heterocycles. The standard InChI is InChI=1S/C18H11FO3/c19-14-8-5-12(6-9-14)7-10-16(20)15-11-13-3-1-2-4-17(13)22-18(15)21/h1-11H. The summed E-state index contributed by atoms with van der Waals surface area (Å²) in [5.41, 5.74) is 0.399. The quantitative estimate of drug-likeness (QED) is 0.419. The molecule has 0 unspecified atom stereocenters. The lowest BCUT2D eigenvalue weighted by Crippen LogP contribution is -2.11. The third kappa shape index (κ3) is 2.86. The molecule has 22 heavy (non-hydrogen) atoms. The molecule has 0 atom stereocenters. The van der Waals surface area contributed by atoms with Crippen molar-refractivity contribution >= 4 is 22.8 Å². The van der Waals surface area contributed by atoms with Gasteiger partial charge in [-0.2, -0.15) is 0 Å². The van der Waals surface area contributed by atoms with E-state index in [1.54, 1.807) is 36.4 Å². The first-order valence-corrected chi connectivity index (χ1v) is 6.64. The highest BCUT2D eigenvalue weighted by Gasteiger charge is 2.10. The van der Waals surface area contributed by atoms with Gasteiger partial charge in [-0.05, 0) is 35.9 Å². The van der Waals surface area contributed by atoms with Crippen LogP contribution in [0, 0.1) is 5.82 Å². The van der Waals surface area contributed by atoms with Crippen LogP contribution in [-0.2, 0) is 0 Å². The van der Waals surface area contributed by atoms with Gasteiger partial charge in [-0.15, -0.1) is 0 Å². The number of ketones is 1. The summed E-state index contributed by atoms with van der Waals surface area (Å²) in [6.07, 6.45) is 2.80. The first kappa shape index (κ1) is 13.9. The summed E-state index contributed by atoms with van der Waals surface area (Å²) in [4.78, 5) is 24.0. The zero-order valence-corrected chi connectivity index (χ0v) is 11.5. The Morgan fingerprint density at radius 2 is 1.77 bits per heavy atom. The lowest BCUT2D eigenvalue weighted by Gasteiger charge is -1.99. The van der Waals surface area contributed by atoms with Crippen LogP contribution >= 0.6 is 0 Å². The molecule has 0 aliphatic carbocycles. The van der Waals surface area contributed by atoms with Crippen LogP contribution in [0.1, 0.15) is 15.9 Å². The molecule has 0 N–H and O–H groups in total. The molecular formula is C18H11FO3. The zero-order valence-electron chi connectivity index (χ0n) is 11.5. The Balaban J connectivity index is 1.93. The van der Waals surface area contributed by atoms with Gasteiger partial charge in [-0.1, -0.05) is 36.4 Å². The Morgan fingerprint density at radius 3 is 2.55 bits per heavy atom. The molecule has 0 bridgehead atoms. The molecule has 2 aromatic carbocycles. The first-order chi connectivity index (χ1) is 10.6. The molecule has 0 amide bonds. The molecule has 0 saturated carbocycles. The van der Waals surface area contributed by atoms with E-state index in [1.165, 1.54) is 30.4 Å².